The van der Waals surface area contributed by atoms with E-state index in [9.17, 15) is 18.8 Å². The number of rotatable bonds is 5. The highest BCUT2D eigenvalue weighted by Crippen LogP contribution is 2.36. The molecule has 6 rings (SSSR count). The highest BCUT2D eigenvalue weighted by atomic mass is 19.1. The molecule has 11 heteroatoms. The summed E-state index contributed by atoms with van der Waals surface area (Å²) in [5, 5.41) is 5.61. The number of Topliss-reactive ketones (excluding diaryl/α,β-unsaturated/α-hetero) is 1. The lowest BCUT2D eigenvalue weighted by Gasteiger charge is -2.45. The Morgan fingerprint density at radius 3 is 2.55 bits per heavy atom. The zero-order chi connectivity index (χ0) is 28.0. The Hall–Kier alpha value is -5.06. The Balaban J connectivity index is 1.20. The van der Waals surface area contributed by atoms with Crippen molar-refractivity contribution in [3.05, 3.63) is 84.2 Å². The number of carbonyl (C=O) groups excluding carboxylic acids is 3. The second-order valence-electron chi connectivity index (χ2n) is 9.83. The van der Waals surface area contributed by atoms with Gasteiger partial charge in [0.15, 0.2) is 5.82 Å². The number of nitrogens with one attached hydrogen (secondary N) is 2. The zero-order valence-corrected chi connectivity index (χ0v) is 21.9. The van der Waals surface area contributed by atoms with Crippen LogP contribution in [0.25, 0.3) is 11.1 Å². The van der Waals surface area contributed by atoms with Crippen LogP contribution in [0, 0.1) is 12.7 Å². The van der Waals surface area contributed by atoms with Crippen molar-refractivity contribution in [1.29, 1.82) is 0 Å². The predicted molar refractivity (Wildman–Crippen MR) is 149 cm³/mol. The predicted octanol–water partition coefficient (Wildman–Crippen LogP) is 3.40. The van der Waals surface area contributed by atoms with Gasteiger partial charge in [-0.3, -0.25) is 14.4 Å². The molecule has 2 amide bonds. The molecule has 0 unspecified atom stereocenters. The van der Waals surface area contributed by atoms with Crippen molar-refractivity contribution in [2.45, 2.75) is 13.0 Å². The molecule has 1 atom stereocenters. The summed E-state index contributed by atoms with van der Waals surface area (Å²) in [7, 11) is 1.76. The molecule has 2 N–H and O–H groups in total. The fraction of sp³-hybridized carbons (Fsp3) is 0.207. The van der Waals surface area contributed by atoms with Crippen LogP contribution in [0.3, 0.4) is 0 Å². The van der Waals surface area contributed by atoms with E-state index in [1.807, 2.05) is 59.2 Å². The van der Waals surface area contributed by atoms with Gasteiger partial charge in [0.05, 0.1) is 30.3 Å². The third-order valence-corrected chi connectivity index (χ3v) is 7.37. The molecule has 2 aliphatic rings. The Labute approximate surface area is 229 Å². The number of aromatic nitrogens is 3. The molecule has 4 heterocycles. The number of anilines is 4. The van der Waals surface area contributed by atoms with Gasteiger partial charge in [-0.15, -0.1) is 0 Å². The van der Waals surface area contributed by atoms with Gasteiger partial charge in [-0.25, -0.2) is 14.4 Å². The Kier molecular flexibility index (Phi) is 6.25. The van der Waals surface area contributed by atoms with Crippen molar-refractivity contribution in [2.24, 2.45) is 7.05 Å². The van der Waals surface area contributed by atoms with Gasteiger partial charge in [-0.2, -0.15) is 0 Å². The van der Waals surface area contributed by atoms with Crippen LogP contribution in [0.5, 0.6) is 0 Å². The van der Waals surface area contributed by atoms with Gasteiger partial charge >= 0.3 is 0 Å². The van der Waals surface area contributed by atoms with Crippen LogP contribution in [0.15, 0.2) is 67.0 Å². The van der Waals surface area contributed by atoms with Crippen molar-refractivity contribution in [3.63, 3.8) is 0 Å². The van der Waals surface area contributed by atoms with E-state index in [1.165, 1.54) is 0 Å². The Morgan fingerprint density at radius 1 is 1.05 bits per heavy atom. The number of carbonyl (C=O) groups is 3. The maximum Gasteiger partial charge on any atom is 0.298 e. The first-order chi connectivity index (χ1) is 19.3. The van der Waals surface area contributed by atoms with E-state index in [2.05, 4.69) is 20.6 Å². The second-order valence-corrected chi connectivity index (χ2v) is 9.83. The van der Waals surface area contributed by atoms with Gasteiger partial charge in [0.25, 0.3) is 11.7 Å². The van der Waals surface area contributed by atoms with Crippen molar-refractivity contribution >= 4 is 40.6 Å². The summed E-state index contributed by atoms with van der Waals surface area (Å²) in [5.41, 5.74) is 4.43. The molecule has 2 aliphatic heterocycles. The second kappa shape index (κ2) is 9.92. The van der Waals surface area contributed by atoms with E-state index < -0.39 is 23.5 Å². The standard InChI is InChI=1S/C29H26FN7O3/c1-17-12-21(18-6-4-3-5-7-18)25(35(17)2)26(38)28(40)33-20-8-9-23-22(13-20)34-27(39)24-16-36(10-11-37(23)24)29-31-14-19(30)15-32-29/h3-9,12-15,24H,10-11,16H2,1-2H3,(H,33,40)(H,34,39)/t24-/m1/s1. The quantitative estimate of drug-likeness (QED) is 0.295. The number of fused-ring (bicyclic) bond motifs is 3. The molecule has 10 nitrogen and oxygen atoms in total. The third-order valence-electron chi connectivity index (χ3n) is 7.37. The van der Waals surface area contributed by atoms with E-state index in [4.69, 9.17) is 0 Å². The van der Waals surface area contributed by atoms with Crippen LogP contribution >= 0.6 is 0 Å². The molecular weight excluding hydrogens is 513 g/mol. The number of hydrogen-bond acceptors (Lipinski definition) is 7. The largest absolute Gasteiger partial charge is 0.355 e. The summed E-state index contributed by atoms with van der Waals surface area (Å²) in [5.74, 6) is -1.80. The fourth-order valence-corrected chi connectivity index (χ4v) is 5.27. The Bertz CT molecular complexity index is 1640. The average Bonchev–Trinajstić information content (AvgIpc) is 3.27. The lowest BCUT2D eigenvalue weighted by atomic mass is 10.0. The van der Waals surface area contributed by atoms with E-state index in [1.54, 1.807) is 23.7 Å². The first-order valence-corrected chi connectivity index (χ1v) is 12.8. The molecule has 0 spiro atoms. The van der Waals surface area contributed by atoms with Crippen molar-refractivity contribution < 1.29 is 18.8 Å². The molecule has 0 radical (unpaired) electrons. The van der Waals surface area contributed by atoms with Gasteiger partial charge in [0, 0.05) is 37.1 Å². The number of ketones is 1. The minimum Gasteiger partial charge on any atom is -0.355 e. The monoisotopic (exact) mass is 539 g/mol. The summed E-state index contributed by atoms with van der Waals surface area (Å²) in [6, 6.07) is 16.0. The number of halogens is 1. The number of nitrogens with zero attached hydrogens (tertiary/aromatic N) is 5. The molecule has 0 aliphatic carbocycles. The highest BCUT2D eigenvalue weighted by molar-refractivity contribution is 6.47. The summed E-state index contributed by atoms with van der Waals surface area (Å²) in [4.78, 5) is 51.4. The van der Waals surface area contributed by atoms with Crippen LogP contribution < -0.4 is 20.4 Å². The SMILES string of the molecule is Cc1cc(-c2ccccc2)c(C(=O)C(=O)Nc2ccc3c(c2)NC(=O)[C@H]2CN(c4ncc(F)cn4)CCN32)n1C. The number of benzene rings is 2. The van der Waals surface area contributed by atoms with Gasteiger partial charge < -0.3 is 25.0 Å². The summed E-state index contributed by atoms with van der Waals surface area (Å²) in [6.45, 7) is 3.28. The minimum absolute atomic E-state index is 0.217. The number of hydrogen-bond donors (Lipinski definition) is 2. The highest BCUT2D eigenvalue weighted by Gasteiger charge is 2.38. The molecule has 2 aromatic heterocycles. The van der Waals surface area contributed by atoms with Gasteiger partial charge in [0.2, 0.25) is 11.9 Å². The third kappa shape index (κ3) is 4.45. The van der Waals surface area contributed by atoms with Crippen LogP contribution in [0.2, 0.25) is 0 Å². The van der Waals surface area contributed by atoms with Crippen LogP contribution in [0.4, 0.5) is 27.4 Å². The lowest BCUT2D eigenvalue weighted by molar-refractivity contribution is -0.117. The number of amides is 2. The molecular formula is C29H26FN7O3. The van der Waals surface area contributed by atoms with Crippen molar-refractivity contribution in [1.82, 2.24) is 14.5 Å². The van der Waals surface area contributed by atoms with Crippen molar-refractivity contribution in [2.75, 3.05) is 40.1 Å². The fourth-order valence-electron chi connectivity index (χ4n) is 5.27. The van der Waals surface area contributed by atoms with Crippen LogP contribution in [0.1, 0.15) is 16.2 Å². The average molecular weight is 540 g/mol. The molecule has 1 fully saturated rings. The van der Waals surface area contributed by atoms with Gasteiger partial charge in [0.1, 0.15) is 11.7 Å². The van der Waals surface area contributed by atoms with Crippen LogP contribution in [-0.2, 0) is 16.6 Å². The molecule has 0 saturated carbocycles. The summed E-state index contributed by atoms with van der Waals surface area (Å²) >= 11 is 0. The van der Waals surface area contributed by atoms with Gasteiger partial charge in [-0.1, -0.05) is 30.3 Å². The smallest absolute Gasteiger partial charge is 0.298 e. The molecule has 0 bridgehead atoms. The summed E-state index contributed by atoms with van der Waals surface area (Å²) in [6.07, 6.45) is 2.21. The molecule has 40 heavy (non-hydrogen) atoms. The minimum atomic E-state index is -0.772. The molecule has 1 saturated heterocycles. The lowest BCUT2D eigenvalue weighted by Crippen LogP contribution is -2.60. The number of aryl methyl sites for hydroxylation is 1. The first kappa shape index (κ1) is 25.2. The normalized spacial score (nSPS) is 16.2. The van der Waals surface area contributed by atoms with E-state index in [0.29, 0.717) is 48.2 Å². The number of piperazine rings is 1. The maximum atomic E-state index is 13.3. The molecule has 2 aromatic carbocycles. The van der Waals surface area contributed by atoms with Crippen LogP contribution in [-0.4, -0.2) is 57.8 Å². The zero-order valence-electron chi connectivity index (χ0n) is 21.9. The van der Waals surface area contributed by atoms with E-state index >= 15 is 0 Å². The van der Waals surface area contributed by atoms with Gasteiger partial charge in [-0.05, 0) is 36.8 Å². The van der Waals surface area contributed by atoms with Crippen molar-refractivity contribution in [3.8, 4) is 11.1 Å². The van der Waals surface area contributed by atoms with E-state index in [0.717, 1.165) is 29.3 Å². The topological polar surface area (TPSA) is 112 Å². The maximum absolute atomic E-state index is 13.3. The Morgan fingerprint density at radius 2 is 1.80 bits per heavy atom. The molecule has 202 valence electrons. The van der Waals surface area contributed by atoms with E-state index in [-0.39, 0.29) is 5.91 Å². The first-order valence-electron chi connectivity index (χ1n) is 12.8. The summed E-state index contributed by atoms with van der Waals surface area (Å²) < 4.78 is 15.0. The molecule has 4 aromatic rings.